The first-order chi connectivity index (χ1) is 11.7. The number of thioether (sulfide) groups is 1. The molecule has 0 aliphatic carbocycles. The van der Waals surface area contributed by atoms with Crippen molar-refractivity contribution < 1.29 is 9.32 Å². The normalized spacial score (nSPS) is 10.8. The van der Waals surface area contributed by atoms with Gasteiger partial charge in [-0.1, -0.05) is 65.8 Å². The molecule has 24 heavy (non-hydrogen) atoms. The van der Waals surface area contributed by atoms with Crippen molar-refractivity contribution in [1.29, 1.82) is 0 Å². The van der Waals surface area contributed by atoms with Crippen molar-refractivity contribution in [1.82, 2.24) is 5.16 Å². The van der Waals surface area contributed by atoms with Gasteiger partial charge in [0.1, 0.15) is 5.76 Å². The molecule has 1 amide bonds. The van der Waals surface area contributed by atoms with Crippen LogP contribution >= 0.6 is 11.8 Å². The molecule has 0 aliphatic rings. The molecule has 0 unspecified atom stereocenters. The van der Waals surface area contributed by atoms with E-state index in [9.17, 15) is 4.79 Å². The average Bonchev–Trinajstić information content (AvgIpc) is 3.02. The van der Waals surface area contributed by atoms with Gasteiger partial charge < -0.3 is 9.84 Å². The molecule has 3 rings (SSSR count). The first-order valence-corrected chi connectivity index (χ1v) is 8.72. The smallest absolute Gasteiger partial charge is 0.235 e. The Bertz CT molecular complexity index is 748. The van der Waals surface area contributed by atoms with Crippen LogP contribution in [0.2, 0.25) is 0 Å². The second-order valence-corrected chi connectivity index (χ2v) is 6.48. The first kappa shape index (κ1) is 16.3. The van der Waals surface area contributed by atoms with Crippen molar-refractivity contribution in [3.63, 3.8) is 0 Å². The van der Waals surface area contributed by atoms with Crippen molar-refractivity contribution in [2.45, 2.75) is 12.2 Å². The molecule has 0 bridgehead atoms. The summed E-state index contributed by atoms with van der Waals surface area (Å²) in [4.78, 5) is 12.2. The van der Waals surface area contributed by atoms with Gasteiger partial charge in [-0.3, -0.25) is 4.79 Å². The summed E-state index contributed by atoms with van der Waals surface area (Å²) in [6.07, 6.45) is 0. The van der Waals surface area contributed by atoms with Crippen LogP contribution in [0.25, 0.3) is 0 Å². The summed E-state index contributed by atoms with van der Waals surface area (Å²) < 4.78 is 4.96. The number of aromatic nitrogens is 1. The molecule has 0 atom stereocenters. The highest BCUT2D eigenvalue weighted by Gasteiger charge is 2.16. The van der Waals surface area contributed by atoms with Crippen molar-refractivity contribution in [3.8, 4) is 0 Å². The van der Waals surface area contributed by atoms with Crippen LogP contribution in [0, 0.1) is 6.92 Å². The van der Waals surface area contributed by atoms with E-state index in [1.807, 2.05) is 36.4 Å². The zero-order valence-corrected chi connectivity index (χ0v) is 14.1. The van der Waals surface area contributed by atoms with E-state index in [0.29, 0.717) is 17.3 Å². The highest BCUT2D eigenvalue weighted by Crippen LogP contribution is 2.35. The van der Waals surface area contributed by atoms with Crippen molar-refractivity contribution in [2.24, 2.45) is 0 Å². The summed E-state index contributed by atoms with van der Waals surface area (Å²) >= 11 is 1.59. The van der Waals surface area contributed by atoms with Crippen LogP contribution in [0.5, 0.6) is 0 Å². The van der Waals surface area contributed by atoms with Crippen molar-refractivity contribution in [3.05, 3.63) is 83.6 Å². The monoisotopic (exact) mass is 338 g/mol. The van der Waals surface area contributed by atoms with Crippen molar-refractivity contribution >= 4 is 23.5 Å². The quantitative estimate of drug-likeness (QED) is 0.722. The standard InChI is InChI=1S/C19H18N2O2S/c1-14-12-17(21-23-14)20-18(22)13-24-19(15-8-4-2-5-9-15)16-10-6-3-7-11-16/h2-12,19H,13H2,1H3,(H,20,21,22). The summed E-state index contributed by atoms with van der Waals surface area (Å²) in [5, 5.41) is 6.65. The number of hydrogen-bond donors (Lipinski definition) is 1. The zero-order chi connectivity index (χ0) is 16.8. The van der Waals surface area contributed by atoms with E-state index in [0.717, 1.165) is 0 Å². The molecule has 122 valence electrons. The van der Waals surface area contributed by atoms with Crippen LogP contribution in [0.15, 0.2) is 71.3 Å². The number of amides is 1. The molecular weight excluding hydrogens is 320 g/mol. The lowest BCUT2D eigenvalue weighted by atomic mass is 10.0. The Balaban J connectivity index is 1.69. The third-order valence-electron chi connectivity index (χ3n) is 3.48. The summed E-state index contributed by atoms with van der Waals surface area (Å²) in [5.41, 5.74) is 2.36. The molecule has 0 fully saturated rings. The molecule has 1 aromatic heterocycles. The van der Waals surface area contributed by atoms with E-state index in [1.54, 1.807) is 24.8 Å². The zero-order valence-electron chi connectivity index (χ0n) is 13.3. The van der Waals surface area contributed by atoms with Gasteiger partial charge in [-0.25, -0.2) is 0 Å². The molecule has 0 spiro atoms. The van der Waals surface area contributed by atoms with Gasteiger partial charge in [0, 0.05) is 6.07 Å². The summed E-state index contributed by atoms with van der Waals surface area (Å²) in [7, 11) is 0. The number of carbonyl (C=O) groups is 1. The maximum absolute atomic E-state index is 12.2. The SMILES string of the molecule is Cc1cc(NC(=O)CSC(c2ccccc2)c2ccccc2)no1. The third kappa shape index (κ3) is 4.26. The predicted octanol–water partition coefficient (Wildman–Crippen LogP) is 4.44. The van der Waals surface area contributed by atoms with E-state index < -0.39 is 0 Å². The number of anilines is 1. The lowest BCUT2D eigenvalue weighted by Gasteiger charge is -2.17. The minimum absolute atomic E-state index is 0.0924. The lowest BCUT2D eigenvalue weighted by molar-refractivity contribution is -0.113. The van der Waals surface area contributed by atoms with Crippen molar-refractivity contribution in [2.75, 3.05) is 11.1 Å². The average molecular weight is 338 g/mol. The van der Waals surface area contributed by atoms with Crippen LogP contribution in [-0.2, 0) is 4.79 Å². The Morgan fingerprint density at radius 3 is 2.17 bits per heavy atom. The van der Waals surface area contributed by atoms with Crippen LogP contribution in [-0.4, -0.2) is 16.8 Å². The van der Waals surface area contributed by atoms with Gasteiger partial charge in [0.25, 0.3) is 0 Å². The van der Waals surface area contributed by atoms with Crippen LogP contribution in [0.4, 0.5) is 5.82 Å². The largest absolute Gasteiger partial charge is 0.360 e. The van der Waals surface area contributed by atoms with E-state index in [-0.39, 0.29) is 11.2 Å². The fraction of sp³-hybridized carbons (Fsp3) is 0.158. The number of nitrogens with one attached hydrogen (secondary N) is 1. The molecule has 1 heterocycles. The molecule has 0 aliphatic heterocycles. The van der Waals surface area contributed by atoms with Gasteiger partial charge in [0.15, 0.2) is 5.82 Å². The van der Waals surface area contributed by atoms with E-state index >= 15 is 0 Å². The third-order valence-corrected chi connectivity index (χ3v) is 4.79. The van der Waals surface area contributed by atoms with Gasteiger partial charge in [-0.2, -0.15) is 0 Å². The van der Waals surface area contributed by atoms with Crippen LogP contribution in [0.3, 0.4) is 0 Å². The van der Waals surface area contributed by atoms with Gasteiger partial charge in [0.2, 0.25) is 5.91 Å². The molecule has 4 nitrogen and oxygen atoms in total. The van der Waals surface area contributed by atoms with Gasteiger partial charge in [0.05, 0.1) is 11.0 Å². The van der Waals surface area contributed by atoms with E-state index in [4.69, 9.17) is 4.52 Å². The Morgan fingerprint density at radius 1 is 1.08 bits per heavy atom. The van der Waals surface area contributed by atoms with Gasteiger partial charge in [-0.05, 0) is 18.1 Å². The topological polar surface area (TPSA) is 55.1 Å². The molecular formula is C19H18N2O2S. The number of nitrogens with zero attached hydrogens (tertiary/aromatic N) is 1. The highest BCUT2D eigenvalue weighted by atomic mass is 32.2. The van der Waals surface area contributed by atoms with Crippen LogP contribution < -0.4 is 5.32 Å². The second kappa shape index (κ2) is 7.84. The Morgan fingerprint density at radius 2 is 1.67 bits per heavy atom. The van der Waals surface area contributed by atoms with Gasteiger partial charge >= 0.3 is 0 Å². The molecule has 0 saturated carbocycles. The number of benzene rings is 2. The van der Waals surface area contributed by atoms with E-state index in [1.165, 1.54) is 11.1 Å². The number of carbonyl (C=O) groups excluding carboxylic acids is 1. The van der Waals surface area contributed by atoms with Crippen LogP contribution in [0.1, 0.15) is 22.1 Å². The maximum Gasteiger partial charge on any atom is 0.235 e. The fourth-order valence-corrected chi connectivity index (χ4v) is 3.49. The van der Waals surface area contributed by atoms with E-state index in [2.05, 4.69) is 34.7 Å². The number of rotatable bonds is 6. The predicted molar refractivity (Wildman–Crippen MR) is 97.1 cm³/mol. The molecule has 0 radical (unpaired) electrons. The maximum atomic E-state index is 12.2. The Kier molecular flexibility index (Phi) is 5.33. The first-order valence-electron chi connectivity index (χ1n) is 7.67. The number of hydrogen-bond acceptors (Lipinski definition) is 4. The summed E-state index contributed by atoms with van der Waals surface area (Å²) in [5.74, 6) is 1.36. The summed E-state index contributed by atoms with van der Waals surface area (Å²) in [6, 6.07) is 22.1. The number of aryl methyl sites for hydroxylation is 1. The Hall–Kier alpha value is -2.53. The van der Waals surface area contributed by atoms with Gasteiger partial charge in [-0.15, -0.1) is 11.8 Å². The molecule has 5 heteroatoms. The second-order valence-electron chi connectivity index (χ2n) is 5.38. The minimum atomic E-state index is -0.0924. The lowest BCUT2D eigenvalue weighted by Crippen LogP contribution is -2.15. The fourth-order valence-electron chi connectivity index (χ4n) is 2.40. The minimum Gasteiger partial charge on any atom is -0.360 e. The molecule has 3 aromatic rings. The summed E-state index contributed by atoms with van der Waals surface area (Å²) in [6.45, 7) is 1.79. The molecule has 0 saturated heterocycles. The molecule has 1 N–H and O–H groups in total. The Labute approximate surface area is 145 Å². The highest BCUT2D eigenvalue weighted by molar-refractivity contribution is 8.00. The molecule has 2 aromatic carbocycles.